The van der Waals surface area contributed by atoms with Crippen LogP contribution < -0.4 is 4.90 Å². The van der Waals surface area contributed by atoms with Gasteiger partial charge in [0.25, 0.3) is 0 Å². The van der Waals surface area contributed by atoms with E-state index in [2.05, 4.69) is 130 Å². The predicted molar refractivity (Wildman–Crippen MR) is 153 cm³/mol. The number of para-hydroxylation sites is 2. The van der Waals surface area contributed by atoms with Gasteiger partial charge in [-0.2, -0.15) is 5.10 Å². The first-order valence-electron chi connectivity index (χ1n) is 12.3. The van der Waals surface area contributed by atoms with Crippen LogP contribution in [0.1, 0.15) is 0 Å². The summed E-state index contributed by atoms with van der Waals surface area (Å²) in [6, 6.07) is 36.5. The molecule has 0 saturated carbocycles. The first-order valence-corrected chi connectivity index (χ1v) is 13.1. The Hall–Kier alpha value is -4.42. The van der Waals surface area contributed by atoms with Gasteiger partial charge in [-0.25, -0.2) is 4.68 Å². The number of rotatable bonds is 5. The van der Waals surface area contributed by atoms with Crippen LogP contribution in [0.5, 0.6) is 0 Å². The van der Waals surface area contributed by atoms with Crippen LogP contribution in [0.25, 0.3) is 33.3 Å². The van der Waals surface area contributed by atoms with Crippen molar-refractivity contribution in [2.45, 2.75) is 9.79 Å². The molecule has 0 unspecified atom stereocenters. The average molecular weight is 500 g/mol. The second kappa shape index (κ2) is 8.91. The maximum absolute atomic E-state index is 4.36. The maximum atomic E-state index is 4.36. The van der Waals surface area contributed by atoms with E-state index in [1.165, 1.54) is 43.1 Å². The van der Waals surface area contributed by atoms with Gasteiger partial charge in [0.1, 0.15) is 5.82 Å². The SMILES string of the molecule is CN1CN(c2cccc(Sc3cccc(-n4cccn4)c3)c2)C=C1n1c2ccccc2c2ccccc21. The topological polar surface area (TPSA) is 29.2 Å². The van der Waals surface area contributed by atoms with Gasteiger partial charge in [0.05, 0.1) is 23.4 Å². The first kappa shape index (κ1) is 21.8. The predicted octanol–water partition coefficient (Wildman–Crippen LogP) is 7.30. The second-order valence-electron chi connectivity index (χ2n) is 9.21. The summed E-state index contributed by atoms with van der Waals surface area (Å²) >= 11 is 1.77. The van der Waals surface area contributed by atoms with Crippen LogP contribution in [0.2, 0.25) is 0 Å². The summed E-state index contributed by atoms with van der Waals surface area (Å²) in [5.74, 6) is 1.17. The maximum Gasteiger partial charge on any atom is 0.131 e. The fourth-order valence-corrected chi connectivity index (χ4v) is 6.03. The van der Waals surface area contributed by atoms with Crippen molar-refractivity contribution >= 4 is 45.1 Å². The minimum atomic E-state index is 0.791. The Labute approximate surface area is 219 Å². The fraction of sp³-hybridized carbons (Fsp3) is 0.0645. The summed E-state index contributed by atoms with van der Waals surface area (Å²) in [5.41, 5.74) is 4.69. The molecule has 6 aromatic rings. The van der Waals surface area contributed by atoms with Crippen LogP contribution >= 0.6 is 11.8 Å². The molecule has 7 rings (SSSR count). The molecule has 1 aliphatic heterocycles. The highest BCUT2D eigenvalue weighted by Crippen LogP contribution is 2.36. The quantitative estimate of drug-likeness (QED) is 0.249. The standard InChI is InChI=1S/C31H25N5S/c1-33-22-34(21-31(33)36-29-15-4-2-13-27(29)28-14-3-5-16-30(28)36)23-9-6-11-25(19-23)37-26-12-7-10-24(20-26)35-18-8-17-32-35/h2-21H,22H2,1H3. The molecule has 4 aromatic carbocycles. The largest absolute Gasteiger partial charge is 0.341 e. The highest BCUT2D eigenvalue weighted by Gasteiger charge is 2.23. The monoisotopic (exact) mass is 499 g/mol. The van der Waals surface area contributed by atoms with Crippen LogP contribution in [-0.4, -0.2) is 33.0 Å². The summed E-state index contributed by atoms with van der Waals surface area (Å²) < 4.78 is 4.27. The summed E-state index contributed by atoms with van der Waals surface area (Å²) in [6.07, 6.45) is 6.04. The third-order valence-electron chi connectivity index (χ3n) is 6.81. The van der Waals surface area contributed by atoms with Crippen molar-refractivity contribution in [2.75, 3.05) is 18.6 Å². The van der Waals surface area contributed by atoms with Gasteiger partial charge in [-0.15, -0.1) is 0 Å². The van der Waals surface area contributed by atoms with E-state index in [0.29, 0.717) is 0 Å². The molecule has 0 bridgehead atoms. The minimum Gasteiger partial charge on any atom is -0.341 e. The van der Waals surface area contributed by atoms with Gasteiger partial charge in [-0.3, -0.25) is 4.57 Å². The van der Waals surface area contributed by atoms with Crippen molar-refractivity contribution in [3.63, 3.8) is 0 Å². The van der Waals surface area contributed by atoms with Crippen molar-refractivity contribution in [1.82, 2.24) is 19.2 Å². The Bertz CT molecular complexity index is 1710. The third-order valence-corrected chi connectivity index (χ3v) is 7.79. The molecular weight excluding hydrogens is 474 g/mol. The zero-order chi connectivity index (χ0) is 24.8. The second-order valence-corrected chi connectivity index (χ2v) is 10.4. The number of anilines is 1. The Morgan fingerprint density at radius 2 is 1.35 bits per heavy atom. The summed E-state index contributed by atoms with van der Waals surface area (Å²) in [5, 5.41) is 6.92. The zero-order valence-electron chi connectivity index (χ0n) is 20.4. The molecule has 0 N–H and O–H groups in total. The number of hydrogen-bond acceptors (Lipinski definition) is 4. The normalized spacial score (nSPS) is 13.6. The van der Waals surface area contributed by atoms with E-state index in [0.717, 1.165) is 12.4 Å². The molecule has 0 atom stereocenters. The number of hydrogen-bond donors (Lipinski definition) is 0. The molecule has 0 fully saturated rings. The molecule has 1 aliphatic rings. The van der Waals surface area contributed by atoms with Gasteiger partial charge < -0.3 is 9.80 Å². The molecule has 3 heterocycles. The van der Waals surface area contributed by atoms with Crippen LogP contribution in [-0.2, 0) is 0 Å². The Morgan fingerprint density at radius 1 is 0.703 bits per heavy atom. The van der Waals surface area contributed by atoms with Gasteiger partial charge in [0.2, 0.25) is 0 Å². The highest BCUT2D eigenvalue weighted by molar-refractivity contribution is 7.99. The lowest BCUT2D eigenvalue weighted by Crippen LogP contribution is -2.24. The molecule has 0 amide bonds. The van der Waals surface area contributed by atoms with Crippen LogP contribution in [0.15, 0.2) is 132 Å². The lowest BCUT2D eigenvalue weighted by molar-refractivity contribution is 0.497. The molecular formula is C31H25N5S. The number of benzene rings is 4. The van der Waals surface area contributed by atoms with Crippen LogP contribution in [0, 0.1) is 0 Å². The van der Waals surface area contributed by atoms with Gasteiger partial charge in [-0.05, 0) is 54.6 Å². The Balaban J connectivity index is 1.22. The molecule has 0 radical (unpaired) electrons. The van der Waals surface area contributed by atoms with Crippen molar-refractivity contribution in [3.05, 3.63) is 122 Å². The Morgan fingerprint density at radius 3 is 2.03 bits per heavy atom. The molecule has 0 aliphatic carbocycles. The van der Waals surface area contributed by atoms with E-state index in [1.54, 1.807) is 18.0 Å². The lowest BCUT2D eigenvalue weighted by Gasteiger charge is -2.20. The third kappa shape index (κ3) is 3.86. The summed E-state index contributed by atoms with van der Waals surface area (Å²) in [7, 11) is 2.16. The van der Waals surface area contributed by atoms with E-state index >= 15 is 0 Å². The van der Waals surface area contributed by atoms with Crippen LogP contribution in [0.3, 0.4) is 0 Å². The molecule has 6 heteroatoms. The minimum absolute atomic E-state index is 0.791. The lowest BCUT2D eigenvalue weighted by atomic mass is 10.2. The Kier molecular flexibility index (Phi) is 5.26. The van der Waals surface area contributed by atoms with E-state index in [1.807, 2.05) is 16.9 Å². The van der Waals surface area contributed by atoms with E-state index < -0.39 is 0 Å². The molecule has 5 nitrogen and oxygen atoms in total. The van der Waals surface area contributed by atoms with Crippen molar-refractivity contribution in [1.29, 1.82) is 0 Å². The fourth-order valence-electron chi connectivity index (χ4n) is 5.11. The molecule has 0 saturated heterocycles. The van der Waals surface area contributed by atoms with E-state index in [4.69, 9.17) is 0 Å². The zero-order valence-corrected chi connectivity index (χ0v) is 21.2. The van der Waals surface area contributed by atoms with Gasteiger partial charge >= 0.3 is 0 Å². The van der Waals surface area contributed by atoms with Crippen molar-refractivity contribution in [3.8, 4) is 5.69 Å². The molecule has 0 spiro atoms. The van der Waals surface area contributed by atoms with E-state index in [-0.39, 0.29) is 0 Å². The van der Waals surface area contributed by atoms with Crippen LogP contribution in [0.4, 0.5) is 5.69 Å². The highest BCUT2D eigenvalue weighted by atomic mass is 32.2. The first-order chi connectivity index (χ1) is 18.2. The van der Waals surface area contributed by atoms with E-state index in [9.17, 15) is 0 Å². The summed E-state index contributed by atoms with van der Waals surface area (Å²) in [4.78, 5) is 7.02. The van der Waals surface area contributed by atoms with Crippen molar-refractivity contribution in [2.24, 2.45) is 0 Å². The van der Waals surface area contributed by atoms with Gasteiger partial charge in [0, 0.05) is 51.9 Å². The smallest absolute Gasteiger partial charge is 0.131 e. The molecule has 37 heavy (non-hydrogen) atoms. The molecule has 2 aromatic heterocycles. The van der Waals surface area contributed by atoms with Gasteiger partial charge in [-0.1, -0.05) is 60.3 Å². The number of nitrogens with zero attached hydrogens (tertiary/aromatic N) is 5. The molecule has 180 valence electrons. The average Bonchev–Trinajstić information content (AvgIpc) is 3.67. The summed E-state index contributed by atoms with van der Waals surface area (Å²) in [6.45, 7) is 0.791. The van der Waals surface area contributed by atoms with Gasteiger partial charge in [0.15, 0.2) is 0 Å². The number of aromatic nitrogens is 3. The number of fused-ring (bicyclic) bond motifs is 3. The van der Waals surface area contributed by atoms with Crippen molar-refractivity contribution < 1.29 is 0 Å².